The van der Waals surface area contributed by atoms with Crippen molar-refractivity contribution in [3.63, 3.8) is 0 Å². The first kappa shape index (κ1) is 20.2. The Labute approximate surface area is 184 Å². The van der Waals surface area contributed by atoms with Crippen LogP contribution < -0.4 is 19.1 Å². The van der Waals surface area contributed by atoms with E-state index < -0.39 is 6.67 Å². The lowest BCUT2D eigenvalue weighted by atomic mass is 10.2. The molecule has 0 saturated carbocycles. The summed E-state index contributed by atoms with van der Waals surface area (Å²) in [6, 6.07) is 11.3. The minimum absolute atomic E-state index is 0.0375. The summed E-state index contributed by atoms with van der Waals surface area (Å²) in [5.74, 6) is 2.28. The molecule has 32 heavy (non-hydrogen) atoms. The van der Waals surface area contributed by atoms with Gasteiger partial charge >= 0.3 is 0 Å². The number of aromatic nitrogens is 4. The fraction of sp³-hybridized carbons (Fsp3) is 0.304. The van der Waals surface area contributed by atoms with Gasteiger partial charge in [0, 0.05) is 24.4 Å². The molecule has 1 saturated heterocycles. The molecule has 2 aromatic heterocycles. The monoisotopic (exact) mass is 434 g/mol. The van der Waals surface area contributed by atoms with Gasteiger partial charge in [-0.3, -0.25) is 0 Å². The van der Waals surface area contributed by atoms with Crippen LogP contribution in [0, 0.1) is 0 Å². The molecular weight excluding hydrogens is 412 g/mol. The molecule has 0 bridgehead atoms. The molecule has 1 atom stereocenters. The zero-order valence-corrected chi connectivity index (χ0v) is 17.6. The largest absolute Gasteiger partial charge is 0.493 e. The lowest BCUT2D eigenvalue weighted by Gasteiger charge is -2.20. The molecule has 8 nitrogen and oxygen atoms in total. The van der Waals surface area contributed by atoms with Gasteiger partial charge in [0.25, 0.3) is 0 Å². The molecule has 1 aliphatic rings. The van der Waals surface area contributed by atoms with Gasteiger partial charge in [-0.2, -0.15) is 0 Å². The molecule has 0 N–H and O–H groups in total. The van der Waals surface area contributed by atoms with Crippen LogP contribution in [0.25, 0.3) is 21.9 Å². The summed E-state index contributed by atoms with van der Waals surface area (Å²) in [6.45, 7) is 0.818. The van der Waals surface area contributed by atoms with Crippen LogP contribution in [0.2, 0.25) is 0 Å². The minimum Gasteiger partial charge on any atom is -0.493 e. The second kappa shape index (κ2) is 8.78. The van der Waals surface area contributed by atoms with Gasteiger partial charge in [0.2, 0.25) is 5.88 Å². The van der Waals surface area contributed by atoms with Gasteiger partial charge in [0.15, 0.2) is 11.5 Å². The zero-order valence-electron chi connectivity index (χ0n) is 17.6. The summed E-state index contributed by atoms with van der Waals surface area (Å²) in [7, 11) is 1.55. The predicted molar refractivity (Wildman–Crippen MR) is 118 cm³/mol. The van der Waals surface area contributed by atoms with E-state index in [0.29, 0.717) is 29.4 Å². The predicted octanol–water partition coefficient (Wildman–Crippen LogP) is 3.59. The molecule has 164 valence electrons. The molecule has 0 unspecified atom stereocenters. The second-order valence-electron chi connectivity index (χ2n) is 7.43. The minimum atomic E-state index is -0.576. The molecule has 0 amide bonds. The molecule has 3 heterocycles. The van der Waals surface area contributed by atoms with Gasteiger partial charge < -0.3 is 19.1 Å². The Morgan fingerprint density at radius 2 is 1.94 bits per heavy atom. The van der Waals surface area contributed by atoms with Gasteiger partial charge in [-0.15, -0.1) is 0 Å². The summed E-state index contributed by atoms with van der Waals surface area (Å²) < 4.78 is 29.6. The second-order valence-corrected chi connectivity index (χ2v) is 7.43. The Balaban J connectivity index is 1.37. The van der Waals surface area contributed by atoms with E-state index >= 15 is 0 Å². The Kier molecular flexibility index (Phi) is 5.53. The van der Waals surface area contributed by atoms with Gasteiger partial charge in [-0.1, -0.05) is 12.1 Å². The summed E-state index contributed by atoms with van der Waals surface area (Å²) in [5.41, 5.74) is 2.35. The van der Waals surface area contributed by atoms with E-state index in [1.54, 1.807) is 19.4 Å². The van der Waals surface area contributed by atoms with E-state index in [1.165, 1.54) is 6.33 Å². The Morgan fingerprint density at radius 1 is 1.06 bits per heavy atom. The van der Waals surface area contributed by atoms with Crippen LogP contribution in [0.1, 0.15) is 6.42 Å². The maximum Gasteiger partial charge on any atom is 0.233 e. The van der Waals surface area contributed by atoms with E-state index in [1.807, 2.05) is 30.3 Å². The van der Waals surface area contributed by atoms with Gasteiger partial charge in [-0.25, -0.2) is 24.3 Å². The van der Waals surface area contributed by atoms with Crippen LogP contribution >= 0.6 is 0 Å². The first-order chi connectivity index (χ1) is 15.7. The summed E-state index contributed by atoms with van der Waals surface area (Å²) in [5, 5.41) is 0.836. The van der Waals surface area contributed by atoms with Crippen LogP contribution in [0.3, 0.4) is 0 Å². The molecule has 0 aliphatic carbocycles. The van der Waals surface area contributed by atoms with Crippen molar-refractivity contribution in [1.29, 1.82) is 0 Å². The molecular formula is C23H22FN5O3. The Bertz CT molecular complexity index is 1250. The van der Waals surface area contributed by atoms with Crippen LogP contribution in [-0.2, 0) is 0 Å². The number of rotatable bonds is 7. The topological polar surface area (TPSA) is 82.5 Å². The SMILES string of the molecule is COc1cc2c(N3CC[C@@H](Oc4cnc5ccccc5n4)C3)ncnc2cc1OCC[18F]. The standard InChI is InChI=1S/C23H22FN5O3/c1-30-20-10-16-19(11-21(20)31-9-7-24)26-14-27-23(16)29-8-6-15(13-29)32-22-12-25-17-4-2-3-5-18(17)28-22/h2-5,10-12,14-15H,6-9,13H2,1H3/t15-/m1/s1/i24-1. The number of methoxy groups -OCH3 is 1. The fourth-order valence-corrected chi connectivity index (χ4v) is 3.91. The highest BCUT2D eigenvalue weighted by Crippen LogP contribution is 2.36. The van der Waals surface area contributed by atoms with E-state index in [0.717, 1.165) is 35.2 Å². The quantitative estimate of drug-likeness (QED) is 0.437. The number of alkyl halides is 1. The Morgan fingerprint density at radius 3 is 2.78 bits per heavy atom. The van der Waals surface area contributed by atoms with Crippen LogP contribution in [0.4, 0.5) is 10.2 Å². The average Bonchev–Trinajstić information content (AvgIpc) is 3.29. The molecule has 5 rings (SSSR count). The third-order valence-electron chi connectivity index (χ3n) is 5.39. The summed E-state index contributed by atoms with van der Waals surface area (Å²) in [4.78, 5) is 20.0. The van der Waals surface area contributed by atoms with Crippen molar-refractivity contribution in [2.45, 2.75) is 12.5 Å². The summed E-state index contributed by atoms with van der Waals surface area (Å²) in [6.07, 6.45) is 3.97. The van der Waals surface area contributed by atoms with Crippen molar-refractivity contribution < 1.29 is 18.6 Å². The fourth-order valence-electron chi connectivity index (χ4n) is 3.91. The zero-order chi connectivity index (χ0) is 21.9. The maximum absolute atomic E-state index is 12.5. The van der Waals surface area contributed by atoms with Crippen LogP contribution in [0.15, 0.2) is 48.9 Å². The van der Waals surface area contributed by atoms with Crippen molar-refractivity contribution in [2.24, 2.45) is 0 Å². The average molecular weight is 434 g/mol. The van der Waals surface area contributed by atoms with E-state index in [4.69, 9.17) is 14.2 Å². The number of anilines is 1. The van der Waals surface area contributed by atoms with Crippen LogP contribution in [0.5, 0.6) is 17.4 Å². The Hall–Kier alpha value is -3.75. The van der Waals surface area contributed by atoms with Crippen molar-refractivity contribution in [1.82, 2.24) is 19.9 Å². The third-order valence-corrected chi connectivity index (χ3v) is 5.39. The van der Waals surface area contributed by atoms with Crippen molar-refractivity contribution >= 4 is 27.8 Å². The molecule has 2 aromatic carbocycles. The number of fused-ring (bicyclic) bond motifs is 2. The highest BCUT2D eigenvalue weighted by atomic mass is 18.2. The first-order valence-corrected chi connectivity index (χ1v) is 10.4. The van der Waals surface area contributed by atoms with E-state index in [-0.39, 0.29) is 12.7 Å². The smallest absolute Gasteiger partial charge is 0.233 e. The highest BCUT2D eigenvalue weighted by molar-refractivity contribution is 5.92. The molecule has 1 fully saturated rings. The molecule has 0 radical (unpaired) electrons. The first-order valence-electron chi connectivity index (χ1n) is 10.4. The number of nitrogens with zero attached hydrogens (tertiary/aromatic N) is 5. The van der Waals surface area contributed by atoms with Gasteiger partial charge in [-0.05, 0) is 18.2 Å². The van der Waals surface area contributed by atoms with E-state index in [2.05, 4.69) is 24.8 Å². The van der Waals surface area contributed by atoms with Crippen molar-refractivity contribution in [3.8, 4) is 17.4 Å². The highest BCUT2D eigenvalue weighted by Gasteiger charge is 2.27. The van der Waals surface area contributed by atoms with E-state index in [9.17, 15) is 4.39 Å². The van der Waals surface area contributed by atoms with Gasteiger partial charge in [0.1, 0.15) is 31.5 Å². The number of hydrogen-bond acceptors (Lipinski definition) is 8. The number of benzene rings is 2. The maximum atomic E-state index is 12.5. The van der Waals surface area contributed by atoms with Crippen LogP contribution in [-0.4, -0.2) is 59.5 Å². The summed E-state index contributed by atoms with van der Waals surface area (Å²) >= 11 is 0. The van der Waals surface area contributed by atoms with Crippen molar-refractivity contribution in [2.75, 3.05) is 38.4 Å². The normalized spacial score (nSPS) is 15.9. The molecule has 0 spiro atoms. The van der Waals surface area contributed by atoms with Gasteiger partial charge in [0.05, 0.1) is 36.4 Å². The molecule has 9 heteroatoms. The number of hydrogen-bond donors (Lipinski definition) is 0. The van der Waals surface area contributed by atoms with Crippen molar-refractivity contribution in [3.05, 3.63) is 48.9 Å². The number of ether oxygens (including phenoxy) is 3. The molecule has 1 aliphatic heterocycles. The number of para-hydroxylation sites is 2. The lowest BCUT2D eigenvalue weighted by Crippen LogP contribution is -2.25. The number of halogens is 1. The third kappa shape index (κ3) is 3.93. The molecule has 4 aromatic rings. The lowest BCUT2D eigenvalue weighted by molar-refractivity contribution is 0.216.